The second kappa shape index (κ2) is 5.12. The third kappa shape index (κ3) is 2.61. The van der Waals surface area contributed by atoms with Gasteiger partial charge in [-0.2, -0.15) is 0 Å². The molecule has 0 bridgehead atoms. The van der Waals surface area contributed by atoms with Crippen LogP contribution < -0.4 is 0 Å². The van der Waals surface area contributed by atoms with Crippen molar-refractivity contribution in [2.24, 2.45) is 0 Å². The monoisotopic (exact) mass is 233 g/mol. The van der Waals surface area contributed by atoms with Gasteiger partial charge < -0.3 is 4.90 Å². The van der Waals surface area contributed by atoms with Crippen molar-refractivity contribution in [1.82, 2.24) is 4.90 Å². The van der Waals surface area contributed by atoms with E-state index in [1.165, 1.54) is 16.5 Å². The maximum Gasteiger partial charge on any atom is 0.246 e. The van der Waals surface area contributed by atoms with Crippen molar-refractivity contribution in [2.75, 3.05) is 13.1 Å². The van der Waals surface area contributed by atoms with Crippen molar-refractivity contribution in [1.29, 1.82) is 0 Å². The Hall–Kier alpha value is -1.35. The van der Waals surface area contributed by atoms with Crippen molar-refractivity contribution >= 4 is 17.2 Å². The highest BCUT2D eigenvalue weighted by Gasteiger charge is 2.14. The first-order valence-corrected chi connectivity index (χ1v) is 6.29. The maximum absolute atomic E-state index is 11.4. The van der Waals surface area contributed by atoms with E-state index in [0.717, 1.165) is 25.9 Å². The first-order valence-electron chi connectivity index (χ1n) is 5.41. The second-order valence-corrected chi connectivity index (χ2v) is 4.89. The van der Waals surface area contributed by atoms with Gasteiger partial charge in [-0.1, -0.05) is 24.3 Å². The quantitative estimate of drug-likeness (QED) is 0.580. The van der Waals surface area contributed by atoms with E-state index < -0.39 is 0 Å². The Morgan fingerprint density at radius 2 is 2.50 bits per heavy atom. The molecule has 16 heavy (non-hydrogen) atoms. The summed E-state index contributed by atoms with van der Waals surface area (Å²) < 4.78 is 0. The molecule has 1 aliphatic heterocycles. The zero-order chi connectivity index (χ0) is 11.4. The van der Waals surface area contributed by atoms with Gasteiger partial charge in [0.25, 0.3) is 0 Å². The van der Waals surface area contributed by atoms with Gasteiger partial charge in [0.05, 0.1) is 0 Å². The second-order valence-electron chi connectivity index (χ2n) is 3.86. The Kier molecular flexibility index (Phi) is 3.57. The van der Waals surface area contributed by atoms with Gasteiger partial charge in [0.15, 0.2) is 0 Å². The molecule has 1 aromatic rings. The zero-order valence-electron chi connectivity index (χ0n) is 9.19. The molecule has 3 heteroatoms. The molecule has 0 N–H and O–H groups in total. The Bertz CT molecular complexity index is 406. The summed E-state index contributed by atoms with van der Waals surface area (Å²) in [5.74, 6) is 0.0337. The van der Waals surface area contributed by atoms with E-state index in [2.05, 4.69) is 30.2 Å². The Balaban J connectivity index is 1.93. The van der Waals surface area contributed by atoms with Crippen molar-refractivity contribution in [3.63, 3.8) is 0 Å². The first-order chi connectivity index (χ1) is 7.79. The van der Waals surface area contributed by atoms with E-state index in [-0.39, 0.29) is 5.91 Å². The number of thiophene rings is 1. The van der Waals surface area contributed by atoms with Crippen LogP contribution in [0.15, 0.2) is 41.8 Å². The van der Waals surface area contributed by atoms with E-state index in [1.54, 1.807) is 11.3 Å². The smallest absolute Gasteiger partial charge is 0.246 e. The molecular formula is C13H15NOS. The van der Waals surface area contributed by atoms with E-state index in [4.69, 9.17) is 0 Å². The molecule has 2 nitrogen and oxygen atoms in total. The van der Waals surface area contributed by atoms with Gasteiger partial charge in [0.1, 0.15) is 0 Å². The lowest BCUT2D eigenvalue weighted by Crippen LogP contribution is -2.33. The fourth-order valence-corrected chi connectivity index (χ4v) is 2.60. The molecule has 1 aliphatic rings. The zero-order valence-corrected chi connectivity index (χ0v) is 10.0. The van der Waals surface area contributed by atoms with Crippen molar-refractivity contribution < 1.29 is 4.79 Å². The molecule has 0 atom stereocenters. The summed E-state index contributed by atoms with van der Waals surface area (Å²) in [6.07, 6.45) is 5.58. The van der Waals surface area contributed by atoms with Crippen molar-refractivity contribution in [2.45, 2.75) is 12.8 Å². The number of nitrogens with zero attached hydrogens (tertiary/aromatic N) is 1. The van der Waals surface area contributed by atoms with E-state index >= 15 is 0 Å². The van der Waals surface area contributed by atoms with Gasteiger partial charge in [-0.25, -0.2) is 0 Å². The van der Waals surface area contributed by atoms with E-state index in [1.807, 2.05) is 4.90 Å². The summed E-state index contributed by atoms with van der Waals surface area (Å²) >= 11 is 1.79. The highest BCUT2D eigenvalue weighted by atomic mass is 32.1. The SMILES string of the molecule is C=CC(=O)N1CC=C(Cc2cccs2)CC1. The minimum atomic E-state index is 0.0337. The average Bonchev–Trinajstić information content (AvgIpc) is 2.82. The lowest BCUT2D eigenvalue weighted by atomic mass is 10.0. The number of amides is 1. The molecule has 2 heterocycles. The van der Waals surface area contributed by atoms with E-state index in [0.29, 0.717) is 0 Å². The van der Waals surface area contributed by atoms with Crippen molar-refractivity contribution in [3.05, 3.63) is 46.7 Å². The molecule has 0 unspecified atom stereocenters. The topological polar surface area (TPSA) is 20.3 Å². The minimum Gasteiger partial charge on any atom is -0.335 e. The van der Waals surface area contributed by atoms with Crippen molar-refractivity contribution in [3.8, 4) is 0 Å². The molecule has 0 aromatic carbocycles. The third-order valence-corrected chi connectivity index (χ3v) is 3.65. The van der Waals surface area contributed by atoms with Gasteiger partial charge >= 0.3 is 0 Å². The van der Waals surface area contributed by atoms with Gasteiger partial charge in [-0.05, 0) is 23.9 Å². The molecule has 0 spiro atoms. The lowest BCUT2D eigenvalue weighted by Gasteiger charge is -2.25. The van der Waals surface area contributed by atoms with Crippen LogP contribution in [0.2, 0.25) is 0 Å². The minimum absolute atomic E-state index is 0.0337. The molecule has 0 saturated carbocycles. The first kappa shape index (κ1) is 11.1. The Morgan fingerprint density at radius 1 is 1.62 bits per heavy atom. The molecule has 2 rings (SSSR count). The number of hydrogen-bond acceptors (Lipinski definition) is 2. The third-order valence-electron chi connectivity index (χ3n) is 2.77. The summed E-state index contributed by atoms with van der Waals surface area (Å²) in [7, 11) is 0. The summed E-state index contributed by atoms with van der Waals surface area (Å²) in [6.45, 7) is 5.05. The standard InChI is InChI=1S/C13H15NOS/c1-2-13(15)14-7-5-11(6-8-14)10-12-4-3-9-16-12/h2-5,9H,1,6-8,10H2. The van der Waals surface area contributed by atoms with Crippen LogP contribution in [0.1, 0.15) is 11.3 Å². The molecule has 0 saturated heterocycles. The van der Waals surface area contributed by atoms with Crippen LogP contribution in [0, 0.1) is 0 Å². The van der Waals surface area contributed by atoms with Crippen LogP contribution in [0.4, 0.5) is 0 Å². The van der Waals surface area contributed by atoms with Crippen LogP contribution in [0.5, 0.6) is 0 Å². The molecule has 1 aromatic heterocycles. The largest absolute Gasteiger partial charge is 0.335 e. The summed E-state index contributed by atoms with van der Waals surface area (Å²) in [6, 6.07) is 4.24. The van der Waals surface area contributed by atoms with Crippen LogP contribution in [0.3, 0.4) is 0 Å². The highest BCUT2D eigenvalue weighted by Crippen LogP contribution is 2.19. The van der Waals surface area contributed by atoms with Crippen LogP contribution >= 0.6 is 11.3 Å². The van der Waals surface area contributed by atoms with Crippen LogP contribution in [-0.2, 0) is 11.2 Å². The average molecular weight is 233 g/mol. The lowest BCUT2D eigenvalue weighted by molar-refractivity contribution is -0.125. The predicted molar refractivity (Wildman–Crippen MR) is 67.5 cm³/mol. The number of rotatable bonds is 3. The van der Waals surface area contributed by atoms with Gasteiger partial charge in [0, 0.05) is 24.4 Å². The molecular weight excluding hydrogens is 218 g/mol. The normalized spacial score (nSPS) is 15.8. The molecule has 0 aliphatic carbocycles. The van der Waals surface area contributed by atoms with Crippen LogP contribution in [0.25, 0.3) is 0 Å². The number of carbonyl (C=O) groups is 1. The molecule has 0 fully saturated rings. The molecule has 1 amide bonds. The molecule has 84 valence electrons. The Morgan fingerprint density at radius 3 is 3.06 bits per heavy atom. The maximum atomic E-state index is 11.4. The van der Waals surface area contributed by atoms with Crippen LogP contribution in [-0.4, -0.2) is 23.9 Å². The molecule has 0 radical (unpaired) electrons. The predicted octanol–water partition coefficient (Wildman–Crippen LogP) is 2.64. The number of carbonyl (C=O) groups excluding carboxylic acids is 1. The van der Waals surface area contributed by atoms with Gasteiger partial charge in [-0.15, -0.1) is 11.3 Å². The summed E-state index contributed by atoms with van der Waals surface area (Å²) in [5, 5.41) is 2.10. The fourth-order valence-electron chi connectivity index (χ4n) is 1.84. The fraction of sp³-hybridized carbons (Fsp3) is 0.308. The summed E-state index contributed by atoms with van der Waals surface area (Å²) in [4.78, 5) is 14.6. The van der Waals surface area contributed by atoms with E-state index in [9.17, 15) is 4.79 Å². The Labute approximate surface area is 99.9 Å². The number of hydrogen-bond donors (Lipinski definition) is 0. The van der Waals surface area contributed by atoms with Gasteiger partial charge in [0.2, 0.25) is 5.91 Å². The van der Waals surface area contributed by atoms with Gasteiger partial charge in [-0.3, -0.25) is 4.79 Å². The summed E-state index contributed by atoms with van der Waals surface area (Å²) in [5.41, 5.74) is 1.44. The highest BCUT2D eigenvalue weighted by molar-refractivity contribution is 7.09.